The van der Waals surface area contributed by atoms with Gasteiger partial charge in [0.25, 0.3) is 0 Å². The molecule has 1 saturated heterocycles. The molecule has 164 valence electrons. The van der Waals surface area contributed by atoms with Crippen LogP contribution in [0.25, 0.3) is 0 Å². The number of methoxy groups -OCH3 is 1. The third kappa shape index (κ3) is 5.68. The van der Waals surface area contributed by atoms with Gasteiger partial charge in [-0.15, -0.1) is 0 Å². The van der Waals surface area contributed by atoms with Crippen LogP contribution in [-0.2, 0) is 24.2 Å². The number of nitrogens with zero attached hydrogens (tertiary/aromatic N) is 1. The SMILES string of the molecule is COc1ccc2c(c1)C[C@H](C1CCOCC1)N(Cc1ccc(C#CC(C)(C)O)cc1)C2. The van der Waals surface area contributed by atoms with Crippen molar-refractivity contribution in [2.24, 2.45) is 5.92 Å². The fraction of sp³-hybridized carbons (Fsp3) is 0.481. The van der Waals surface area contributed by atoms with Gasteiger partial charge in [0, 0.05) is 37.9 Å². The number of rotatable bonds is 4. The van der Waals surface area contributed by atoms with Gasteiger partial charge in [-0.25, -0.2) is 0 Å². The molecule has 4 nitrogen and oxygen atoms in total. The molecule has 2 heterocycles. The summed E-state index contributed by atoms with van der Waals surface area (Å²) in [5, 5.41) is 9.82. The second-order valence-electron chi connectivity index (χ2n) is 9.27. The molecule has 31 heavy (non-hydrogen) atoms. The Kier molecular flexibility index (Phi) is 6.67. The molecule has 0 saturated carbocycles. The lowest BCUT2D eigenvalue weighted by Gasteiger charge is -2.42. The van der Waals surface area contributed by atoms with Crippen molar-refractivity contribution in [1.82, 2.24) is 4.90 Å². The van der Waals surface area contributed by atoms with Gasteiger partial charge < -0.3 is 14.6 Å². The number of hydrogen-bond acceptors (Lipinski definition) is 4. The Hall–Kier alpha value is -2.32. The molecule has 0 aromatic heterocycles. The first-order valence-electron chi connectivity index (χ1n) is 11.2. The van der Waals surface area contributed by atoms with Crippen molar-refractivity contribution < 1.29 is 14.6 Å². The minimum absolute atomic E-state index is 0.512. The van der Waals surface area contributed by atoms with Gasteiger partial charge in [-0.2, -0.15) is 0 Å². The maximum Gasteiger partial charge on any atom is 0.120 e. The summed E-state index contributed by atoms with van der Waals surface area (Å²) in [5.41, 5.74) is 4.08. The molecule has 1 fully saturated rings. The maximum absolute atomic E-state index is 9.82. The average molecular weight is 420 g/mol. The van der Waals surface area contributed by atoms with Crippen molar-refractivity contribution >= 4 is 0 Å². The normalized spacial score (nSPS) is 19.9. The number of benzene rings is 2. The van der Waals surface area contributed by atoms with E-state index in [-0.39, 0.29) is 0 Å². The molecule has 1 N–H and O–H groups in total. The van der Waals surface area contributed by atoms with Gasteiger partial charge in [0.15, 0.2) is 0 Å². The van der Waals surface area contributed by atoms with Crippen LogP contribution >= 0.6 is 0 Å². The number of aliphatic hydroxyl groups is 1. The third-order valence-electron chi connectivity index (χ3n) is 6.35. The van der Waals surface area contributed by atoms with E-state index in [2.05, 4.69) is 59.2 Å². The van der Waals surface area contributed by atoms with Crippen LogP contribution in [-0.4, -0.2) is 42.0 Å². The first-order valence-corrected chi connectivity index (χ1v) is 11.2. The molecule has 2 aromatic rings. The summed E-state index contributed by atoms with van der Waals surface area (Å²) in [6.07, 6.45) is 3.32. The van der Waals surface area contributed by atoms with Crippen LogP contribution in [0.3, 0.4) is 0 Å². The summed E-state index contributed by atoms with van der Waals surface area (Å²) in [5.74, 6) is 7.55. The van der Waals surface area contributed by atoms with Crippen LogP contribution in [0.1, 0.15) is 48.9 Å². The topological polar surface area (TPSA) is 41.9 Å². The van der Waals surface area contributed by atoms with Gasteiger partial charge in [-0.1, -0.05) is 30.0 Å². The van der Waals surface area contributed by atoms with E-state index in [0.29, 0.717) is 12.0 Å². The Morgan fingerprint density at radius 1 is 1.10 bits per heavy atom. The van der Waals surface area contributed by atoms with Gasteiger partial charge in [0.2, 0.25) is 0 Å². The lowest BCUT2D eigenvalue weighted by molar-refractivity contribution is 0.0165. The van der Waals surface area contributed by atoms with Crippen LogP contribution in [0.15, 0.2) is 42.5 Å². The minimum Gasteiger partial charge on any atom is -0.497 e. The van der Waals surface area contributed by atoms with Crippen molar-refractivity contribution in [2.45, 2.75) is 57.8 Å². The Labute approximate surface area is 186 Å². The Balaban J connectivity index is 1.54. The van der Waals surface area contributed by atoms with Gasteiger partial charge in [0.05, 0.1) is 7.11 Å². The third-order valence-corrected chi connectivity index (χ3v) is 6.35. The molecule has 2 aliphatic heterocycles. The molecule has 4 rings (SSSR count). The summed E-state index contributed by atoms with van der Waals surface area (Å²) in [4.78, 5) is 2.64. The summed E-state index contributed by atoms with van der Waals surface area (Å²) in [6.45, 7) is 7.03. The monoisotopic (exact) mass is 419 g/mol. The highest BCUT2D eigenvalue weighted by molar-refractivity contribution is 5.39. The van der Waals surface area contributed by atoms with Gasteiger partial charge in [0.1, 0.15) is 11.4 Å². The first kappa shape index (κ1) is 21.9. The molecule has 1 atom stereocenters. The average Bonchev–Trinajstić information content (AvgIpc) is 2.78. The van der Waals surface area contributed by atoms with Crippen molar-refractivity contribution in [1.29, 1.82) is 0 Å². The molecule has 0 bridgehead atoms. The molecule has 2 aliphatic rings. The van der Waals surface area contributed by atoms with E-state index >= 15 is 0 Å². The van der Waals surface area contributed by atoms with Crippen molar-refractivity contribution in [2.75, 3.05) is 20.3 Å². The van der Waals surface area contributed by atoms with E-state index in [1.807, 2.05) is 0 Å². The molecule has 0 spiro atoms. The maximum atomic E-state index is 9.82. The molecular formula is C27H33NO3. The zero-order valence-corrected chi connectivity index (χ0v) is 18.9. The van der Waals surface area contributed by atoms with Crippen molar-refractivity contribution in [3.8, 4) is 17.6 Å². The quantitative estimate of drug-likeness (QED) is 0.756. The number of fused-ring (bicyclic) bond motifs is 1. The summed E-state index contributed by atoms with van der Waals surface area (Å²) in [7, 11) is 1.74. The zero-order chi connectivity index (χ0) is 21.8. The molecule has 0 unspecified atom stereocenters. The summed E-state index contributed by atoms with van der Waals surface area (Å²) >= 11 is 0. The zero-order valence-electron chi connectivity index (χ0n) is 18.9. The molecule has 4 heteroatoms. The molecule has 2 aromatic carbocycles. The minimum atomic E-state index is -0.973. The predicted molar refractivity (Wildman–Crippen MR) is 123 cm³/mol. The molecule has 0 aliphatic carbocycles. The van der Waals surface area contributed by atoms with E-state index in [4.69, 9.17) is 9.47 Å². The van der Waals surface area contributed by atoms with E-state index in [0.717, 1.165) is 56.9 Å². The van der Waals surface area contributed by atoms with Crippen LogP contribution in [0.4, 0.5) is 0 Å². The molecule has 0 radical (unpaired) electrons. The predicted octanol–water partition coefficient (Wildman–Crippen LogP) is 4.17. The van der Waals surface area contributed by atoms with E-state index < -0.39 is 5.60 Å². The summed E-state index contributed by atoms with van der Waals surface area (Å²) < 4.78 is 11.1. The van der Waals surface area contributed by atoms with Gasteiger partial charge in [-0.05, 0) is 80.0 Å². The van der Waals surface area contributed by atoms with E-state index in [1.165, 1.54) is 16.7 Å². The Morgan fingerprint density at radius 2 is 1.84 bits per heavy atom. The highest BCUT2D eigenvalue weighted by Gasteiger charge is 2.33. The van der Waals surface area contributed by atoms with Crippen molar-refractivity contribution in [3.05, 3.63) is 64.7 Å². The van der Waals surface area contributed by atoms with Gasteiger partial charge in [-0.3, -0.25) is 4.90 Å². The smallest absolute Gasteiger partial charge is 0.120 e. The van der Waals surface area contributed by atoms with Crippen LogP contribution in [0, 0.1) is 17.8 Å². The molecule has 0 amide bonds. The molecular weight excluding hydrogens is 386 g/mol. The fourth-order valence-electron chi connectivity index (χ4n) is 4.66. The van der Waals surface area contributed by atoms with Crippen LogP contribution in [0.2, 0.25) is 0 Å². The lowest BCUT2D eigenvalue weighted by atomic mass is 9.82. The van der Waals surface area contributed by atoms with Crippen LogP contribution in [0.5, 0.6) is 5.75 Å². The van der Waals surface area contributed by atoms with E-state index in [9.17, 15) is 5.11 Å². The Bertz CT molecular complexity index is 943. The highest BCUT2D eigenvalue weighted by atomic mass is 16.5. The fourth-order valence-corrected chi connectivity index (χ4v) is 4.66. The Morgan fingerprint density at radius 3 is 2.52 bits per heavy atom. The van der Waals surface area contributed by atoms with Crippen molar-refractivity contribution in [3.63, 3.8) is 0 Å². The van der Waals surface area contributed by atoms with Gasteiger partial charge >= 0.3 is 0 Å². The highest BCUT2D eigenvalue weighted by Crippen LogP contribution is 2.34. The second kappa shape index (κ2) is 9.44. The van der Waals surface area contributed by atoms with E-state index in [1.54, 1.807) is 21.0 Å². The first-order chi connectivity index (χ1) is 14.9. The standard InChI is InChI=1S/C27H33NO3/c1-27(2,29)13-10-20-4-6-21(7-5-20)18-28-19-23-8-9-25(30-3)16-24(23)17-26(28)22-11-14-31-15-12-22/h4-9,16,22,26,29H,11-12,14-15,17-19H2,1-3H3/t26-/m1/s1. The number of ether oxygens (including phenoxy) is 2. The second-order valence-corrected chi connectivity index (χ2v) is 9.27. The van der Waals surface area contributed by atoms with Crippen LogP contribution < -0.4 is 4.74 Å². The lowest BCUT2D eigenvalue weighted by Crippen LogP contribution is -2.46. The largest absolute Gasteiger partial charge is 0.497 e. The number of hydrogen-bond donors (Lipinski definition) is 1. The summed E-state index contributed by atoms with van der Waals surface area (Å²) in [6, 6.07) is 15.5.